The molecule has 0 aliphatic heterocycles. The third-order valence-corrected chi connectivity index (χ3v) is 2.20. The first-order valence-corrected chi connectivity index (χ1v) is 4.25. The highest BCUT2D eigenvalue weighted by molar-refractivity contribution is 4.71. The van der Waals surface area contributed by atoms with Crippen LogP contribution in [0.25, 0.3) is 0 Å². The van der Waals surface area contributed by atoms with Crippen molar-refractivity contribution in [2.45, 2.75) is 44.2 Å². The van der Waals surface area contributed by atoms with Crippen molar-refractivity contribution in [3.63, 3.8) is 0 Å². The molecule has 0 spiro atoms. The lowest BCUT2D eigenvalue weighted by molar-refractivity contribution is -0.769. The smallest absolute Gasteiger partial charge is 0.294 e. The minimum absolute atomic E-state index is 0.199. The van der Waals surface area contributed by atoms with Gasteiger partial charge in [-0.1, -0.05) is 0 Å². The number of nitrogens with zero attached hydrogens (tertiary/aromatic N) is 1. The highest BCUT2D eigenvalue weighted by atomic mass is 17.0. The standard InChI is InChI=1S/C7H14N2O3/c8-6-2-1-3-7(5-4-6)12-9(10)11/h6-7H,1-5,8H2. The largest absolute Gasteiger partial charge is 0.328 e. The second kappa shape index (κ2) is 4.25. The molecule has 2 N–H and O–H groups in total. The lowest BCUT2D eigenvalue weighted by Gasteiger charge is -2.10. The summed E-state index contributed by atoms with van der Waals surface area (Å²) in [4.78, 5) is 14.5. The lowest BCUT2D eigenvalue weighted by Crippen LogP contribution is -2.20. The number of hydrogen-bond acceptors (Lipinski definition) is 4. The van der Waals surface area contributed by atoms with Crippen LogP contribution >= 0.6 is 0 Å². The van der Waals surface area contributed by atoms with E-state index in [1.54, 1.807) is 0 Å². The van der Waals surface area contributed by atoms with Crippen LogP contribution in [0.3, 0.4) is 0 Å². The summed E-state index contributed by atoms with van der Waals surface area (Å²) in [6, 6.07) is 0.199. The van der Waals surface area contributed by atoms with Crippen LogP contribution in [-0.4, -0.2) is 17.2 Å². The Labute approximate surface area is 71.0 Å². The summed E-state index contributed by atoms with van der Waals surface area (Å²) < 4.78 is 0. The molecule has 1 fully saturated rings. The maximum absolute atomic E-state index is 10.0. The van der Waals surface area contributed by atoms with Crippen molar-refractivity contribution >= 4 is 0 Å². The lowest BCUT2D eigenvalue weighted by atomic mass is 10.1. The van der Waals surface area contributed by atoms with Crippen LogP contribution in [0, 0.1) is 10.1 Å². The quantitative estimate of drug-likeness (QED) is 0.382. The molecule has 0 heterocycles. The van der Waals surface area contributed by atoms with E-state index in [1.165, 1.54) is 0 Å². The summed E-state index contributed by atoms with van der Waals surface area (Å²) in [7, 11) is 0. The second-order valence-corrected chi connectivity index (χ2v) is 3.22. The van der Waals surface area contributed by atoms with Gasteiger partial charge in [0, 0.05) is 6.04 Å². The van der Waals surface area contributed by atoms with Crippen LogP contribution in [-0.2, 0) is 4.84 Å². The molecule has 12 heavy (non-hydrogen) atoms. The maximum Gasteiger partial charge on any atom is 0.294 e. The molecular weight excluding hydrogens is 160 g/mol. The van der Waals surface area contributed by atoms with E-state index >= 15 is 0 Å². The Morgan fingerprint density at radius 2 is 2.08 bits per heavy atom. The van der Waals surface area contributed by atoms with Crippen molar-refractivity contribution in [2.24, 2.45) is 5.73 Å². The maximum atomic E-state index is 10.0. The number of nitrogens with two attached hydrogens (primary N) is 1. The van der Waals surface area contributed by atoms with Gasteiger partial charge in [-0.15, -0.1) is 10.1 Å². The van der Waals surface area contributed by atoms with E-state index in [-0.39, 0.29) is 12.1 Å². The van der Waals surface area contributed by atoms with Gasteiger partial charge in [0.2, 0.25) is 0 Å². The van der Waals surface area contributed by atoms with Crippen LogP contribution in [0.5, 0.6) is 0 Å². The summed E-state index contributed by atoms with van der Waals surface area (Å²) in [6.07, 6.45) is 3.96. The molecule has 0 bridgehead atoms. The first-order chi connectivity index (χ1) is 5.68. The Balaban J connectivity index is 2.30. The SMILES string of the molecule is NC1CCCC(O[N+](=O)[O-])CC1. The molecule has 1 aliphatic rings. The third kappa shape index (κ3) is 3.04. The minimum atomic E-state index is -0.707. The van der Waals surface area contributed by atoms with E-state index in [0.29, 0.717) is 6.42 Å². The third-order valence-electron chi connectivity index (χ3n) is 2.20. The van der Waals surface area contributed by atoms with Crippen molar-refractivity contribution in [3.8, 4) is 0 Å². The zero-order chi connectivity index (χ0) is 8.97. The normalized spacial score (nSPS) is 30.8. The molecule has 1 rings (SSSR count). The van der Waals surface area contributed by atoms with Gasteiger partial charge in [-0.25, -0.2) is 0 Å². The van der Waals surface area contributed by atoms with Gasteiger partial charge in [0.15, 0.2) is 0 Å². The predicted octanol–water partition coefficient (Wildman–Crippen LogP) is 0.855. The Hall–Kier alpha value is -0.840. The zero-order valence-electron chi connectivity index (χ0n) is 6.94. The van der Waals surface area contributed by atoms with Crippen molar-refractivity contribution < 1.29 is 9.92 Å². The molecule has 0 aromatic carbocycles. The molecule has 0 aromatic rings. The van der Waals surface area contributed by atoms with E-state index in [9.17, 15) is 10.1 Å². The Kier molecular flexibility index (Phi) is 3.28. The molecule has 5 nitrogen and oxygen atoms in total. The first-order valence-electron chi connectivity index (χ1n) is 4.25. The number of rotatable bonds is 2. The van der Waals surface area contributed by atoms with E-state index in [2.05, 4.69) is 4.84 Å². The first kappa shape index (κ1) is 9.25. The fourth-order valence-electron chi connectivity index (χ4n) is 1.52. The zero-order valence-corrected chi connectivity index (χ0v) is 6.94. The van der Waals surface area contributed by atoms with Crippen LogP contribution in [0.15, 0.2) is 0 Å². The fraction of sp³-hybridized carbons (Fsp3) is 1.00. The van der Waals surface area contributed by atoms with E-state index in [0.717, 1.165) is 25.7 Å². The fourth-order valence-corrected chi connectivity index (χ4v) is 1.52. The molecule has 0 saturated heterocycles. The van der Waals surface area contributed by atoms with Crippen LogP contribution in [0.1, 0.15) is 32.1 Å². The van der Waals surface area contributed by atoms with Gasteiger partial charge in [-0.3, -0.25) is 0 Å². The summed E-state index contributed by atoms with van der Waals surface area (Å²) in [6.45, 7) is 0. The summed E-state index contributed by atoms with van der Waals surface area (Å²) in [5, 5.41) is 9.31. The highest BCUT2D eigenvalue weighted by Crippen LogP contribution is 2.19. The highest BCUT2D eigenvalue weighted by Gasteiger charge is 2.18. The van der Waals surface area contributed by atoms with Gasteiger partial charge < -0.3 is 10.6 Å². The average molecular weight is 174 g/mol. The monoisotopic (exact) mass is 174 g/mol. The van der Waals surface area contributed by atoms with E-state index in [4.69, 9.17) is 5.73 Å². The molecule has 1 aliphatic carbocycles. The van der Waals surface area contributed by atoms with Crippen molar-refractivity contribution in [3.05, 3.63) is 10.1 Å². The van der Waals surface area contributed by atoms with E-state index < -0.39 is 5.09 Å². The Morgan fingerprint density at radius 1 is 1.33 bits per heavy atom. The molecule has 5 heteroatoms. The molecule has 1 saturated carbocycles. The topological polar surface area (TPSA) is 78.4 Å². The van der Waals surface area contributed by atoms with Gasteiger partial charge >= 0.3 is 0 Å². The summed E-state index contributed by atoms with van der Waals surface area (Å²) in [5.41, 5.74) is 5.70. The van der Waals surface area contributed by atoms with Crippen LogP contribution in [0.2, 0.25) is 0 Å². The predicted molar refractivity (Wildman–Crippen MR) is 42.9 cm³/mol. The van der Waals surface area contributed by atoms with Crippen LogP contribution in [0.4, 0.5) is 0 Å². The van der Waals surface area contributed by atoms with Gasteiger partial charge in [-0.05, 0) is 32.1 Å². The Morgan fingerprint density at radius 3 is 2.75 bits per heavy atom. The van der Waals surface area contributed by atoms with Crippen molar-refractivity contribution in [1.29, 1.82) is 0 Å². The number of hydrogen-bond donors (Lipinski definition) is 1. The molecule has 0 aromatic heterocycles. The van der Waals surface area contributed by atoms with Crippen LogP contribution < -0.4 is 5.73 Å². The van der Waals surface area contributed by atoms with Gasteiger partial charge in [0.05, 0.1) is 0 Å². The van der Waals surface area contributed by atoms with Gasteiger partial charge in [0.1, 0.15) is 6.10 Å². The molecule has 70 valence electrons. The molecule has 0 radical (unpaired) electrons. The molecular formula is C7H14N2O3. The van der Waals surface area contributed by atoms with Crippen molar-refractivity contribution in [2.75, 3.05) is 0 Å². The summed E-state index contributed by atoms with van der Waals surface area (Å²) >= 11 is 0. The molecule has 2 unspecified atom stereocenters. The Bertz CT molecular complexity index is 163. The van der Waals surface area contributed by atoms with E-state index in [1.807, 2.05) is 0 Å². The van der Waals surface area contributed by atoms with Gasteiger partial charge in [0.25, 0.3) is 5.09 Å². The minimum Gasteiger partial charge on any atom is -0.328 e. The molecule has 2 atom stereocenters. The van der Waals surface area contributed by atoms with Gasteiger partial charge in [-0.2, -0.15) is 0 Å². The molecule has 0 amide bonds. The average Bonchev–Trinajstić information content (AvgIpc) is 2.15. The summed E-state index contributed by atoms with van der Waals surface area (Å²) in [5.74, 6) is 0. The van der Waals surface area contributed by atoms with Crippen molar-refractivity contribution in [1.82, 2.24) is 0 Å². The second-order valence-electron chi connectivity index (χ2n) is 3.22.